The van der Waals surface area contributed by atoms with Gasteiger partial charge in [0.15, 0.2) is 11.5 Å². The first kappa shape index (κ1) is 24.4. The van der Waals surface area contributed by atoms with E-state index in [0.717, 1.165) is 5.56 Å². The van der Waals surface area contributed by atoms with Crippen molar-refractivity contribution in [3.05, 3.63) is 74.9 Å². The van der Waals surface area contributed by atoms with Gasteiger partial charge in [-0.25, -0.2) is 9.59 Å². The van der Waals surface area contributed by atoms with Crippen molar-refractivity contribution in [2.75, 3.05) is 42.3 Å². The minimum Gasteiger partial charge on any atom is -0.486 e. The summed E-state index contributed by atoms with van der Waals surface area (Å²) in [5.74, 6) is 0.302. The number of rotatable bonds is 7. The van der Waals surface area contributed by atoms with Crippen LogP contribution >= 0.6 is 0 Å². The van der Waals surface area contributed by atoms with Gasteiger partial charge in [-0.2, -0.15) is 0 Å². The third-order valence-corrected chi connectivity index (χ3v) is 5.48. The molecular formula is C24H26N6O6. The first-order valence-electron chi connectivity index (χ1n) is 11.3. The molecule has 0 unspecified atom stereocenters. The number of anilines is 3. The lowest BCUT2D eigenvalue weighted by atomic mass is 10.2. The van der Waals surface area contributed by atoms with Crippen LogP contribution < -0.4 is 42.0 Å². The number of nitrogen functional groups attached to an aromatic ring is 1. The number of fused-ring (bicyclic) bond motifs is 1. The van der Waals surface area contributed by atoms with Crippen LogP contribution in [0.25, 0.3) is 0 Å². The number of ether oxygens (including phenoxy) is 2. The third kappa shape index (κ3) is 5.49. The van der Waals surface area contributed by atoms with Gasteiger partial charge < -0.3 is 25.4 Å². The van der Waals surface area contributed by atoms with Crippen LogP contribution in [-0.4, -0.2) is 47.8 Å². The summed E-state index contributed by atoms with van der Waals surface area (Å²) < 4.78 is 12.1. The first-order valence-corrected chi connectivity index (χ1v) is 11.3. The highest BCUT2D eigenvalue weighted by atomic mass is 16.6. The van der Waals surface area contributed by atoms with Crippen molar-refractivity contribution in [1.82, 2.24) is 14.9 Å². The summed E-state index contributed by atoms with van der Waals surface area (Å²) >= 11 is 0. The highest BCUT2D eigenvalue weighted by Crippen LogP contribution is 2.32. The quantitative estimate of drug-likeness (QED) is 0.380. The number of aromatic nitrogens is 2. The number of likely N-dealkylation sites (N-methyl/N-ethyl adjacent to an activating group) is 1. The fraction of sp³-hybridized carbons (Fsp3) is 0.250. The molecule has 1 aromatic heterocycles. The molecule has 1 aliphatic rings. The summed E-state index contributed by atoms with van der Waals surface area (Å²) in [6.07, 6.45) is 0. The van der Waals surface area contributed by atoms with Gasteiger partial charge in [0.25, 0.3) is 5.56 Å². The van der Waals surface area contributed by atoms with Crippen molar-refractivity contribution < 1.29 is 19.1 Å². The molecule has 0 bridgehead atoms. The van der Waals surface area contributed by atoms with Crippen molar-refractivity contribution in [2.24, 2.45) is 0 Å². The lowest BCUT2D eigenvalue weighted by Crippen LogP contribution is -2.45. The highest BCUT2D eigenvalue weighted by molar-refractivity contribution is 6.02. The SMILES string of the molecule is CCN(CC(=O)NC(=O)Nc1ccc2c(c1)OCCO2)c1c(N)n(Cc2ccccc2)c(=O)[nH]c1=O. The van der Waals surface area contributed by atoms with Crippen molar-refractivity contribution in [2.45, 2.75) is 13.5 Å². The zero-order valence-electron chi connectivity index (χ0n) is 19.6. The summed E-state index contributed by atoms with van der Waals surface area (Å²) in [6, 6.07) is 13.2. The Balaban J connectivity index is 1.46. The van der Waals surface area contributed by atoms with E-state index in [1.807, 2.05) is 30.3 Å². The van der Waals surface area contributed by atoms with Crippen LogP contribution in [0.2, 0.25) is 0 Å². The average Bonchev–Trinajstić information content (AvgIpc) is 2.86. The second kappa shape index (κ2) is 10.7. The Kier molecular flexibility index (Phi) is 7.23. The molecule has 0 aliphatic carbocycles. The van der Waals surface area contributed by atoms with Gasteiger partial charge in [-0.05, 0) is 24.6 Å². The summed E-state index contributed by atoms with van der Waals surface area (Å²) in [4.78, 5) is 53.6. The molecule has 2 heterocycles. The molecule has 0 radical (unpaired) electrons. The van der Waals surface area contributed by atoms with Crippen molar-refractivity contribution in [1.29, 1.82) is 0 Å². The van der Waals surface area contributed by atoms with Crippen LogP contribution in [0.15, 0.2) is 58.1 Å². The topological polar surface area (TPSA) is 161 Å². The zero-order valence-corrected chi connectivity index (χ0v) is 19.6. The molecule has 12 nitrogen and oxygen atoms in total. The molecule has 0 fully saturated rings. The average molecular weight is 495 g/mol. The number of nitrogens with zero attached hydrogens (tertiary/aromatic N) is 2. The van der Waals surface area contributed by atoms with Crippen LogP contribution in [0.1, 0.15) is 12.5 Å². The predicted molar refractivity (Wildman–Crippen MR) is 134 cm³/mol. The number of imide groups is 1. The Morgan fingerprint density at radius 1 is 1.08 bits per heavy atom. The molecule has 188 valence electrons. The molecule has 3 amide bonds. The van der Waals surface area contributed by atoms with E-state index in [4.69, 9.17) is 15.2 Å². The van der Waals surface area contributed by atoms with E-state index in [9.17, 15) is 19.2 Å². The fourth-order valence-electron chi connectivity index (χ4n) is 3.78. The Labute approximate surface area is 205 Å². The molecule has 0 saturated carbocycles. The normalized spacial score (nSPS) is 12.0. The van der Waals surface area contributed by atoms with Crippen LogP contribution in [0.3, 0.4) is 0 Å². The number of H-pyrrole nitrogens is 1. The molecule has 3 aromatic rings. The Morgan fingerprint density at radius 3 is 2.53 bits per heavy atom. The van der Waals surface area contributed by atoms with Crippen LogP contribution in [0, 0.1) is 0 Å². The number of nitrogens with two attached hydrogens (primary N) is 1. The maximum Gasteiger partial charge on any atom is 0.330 e. The predicted octanol–water partition coefficient (Wildman–Crippen LogP) is 1.11. The monoisotopic (exact) mass is 494 g/mol. The number of amides is 3. The van der Waals surface area contributed by atoms with Crippen LogP contribution in [-0.2, 0) is 11.3 Å². The van der Waals surface area contributed by atoms with E-state index >= 15 is 0 Å². The fourth-order valence-corrected chi connectivity index (χ4v) is 3.78. The lowest BCUT2D eigenvalue weighted by molar-refractivity contribution is -0.118. The van der Waals surface area contributed by atoms with E-state index in [1.165, 1.54) is 9.47 Å². The van der Waals surface area contributed by atoms with Crippen LogP contribution in [0.5, 0.6) is 11.5 Å². The molecule has 4 rings (SSSR count). The van der Waals surface area contributed by atoms with Gasteiger partial charge in [-0.1, -0.05) is 30.3 Å². The molecule has 0 spiro atoms. The van der Waals surface area contributed by atoms with Crippen molar-refractivity contribution in [3.63, 3.8) is 0 Å². The summed E-state index contributed by atoms with van der Waals surface area (Å²) in [5, 5.41) is 4.78. The molecule has 12 heteroatoms. The molecule has 0 atom stereocenters. The Hall–Kier alpha value is -4.74. The van der Waals surface area contributed by atoms with E-state index < -0.39 is 23.2 Å². The second-order valence-electron chi connectivity index (χ2n) is 7.94. The molecule has 36 heavy (non-hydrogen) atoms. The van der Waals surface area contributed by atoms with Gasteiger partial charge in [0, 0.05) is 18.3 Å². The number of hydrogen-bond acceptors (Lipinski definition) is 8. The lowest BCUT2D eigenvalue weighted by Gasteiger charge is -2.24. The second-order valence-corrected chi connectivity index (χ2v) is 7.94. The number of carbonyl (C=O) groups excluding carboxylic acids is 2. The van der Waals surface area contributed by atoms with Crippen molar-refractivity contribution >= 4 is 29.1 Å². The number of urea groups is 1. The number of nitrogens with one attached hydrogen (secondary N) is 3. The molecular weight excluding hydrogens is 468 g/mol. The smallest absolute Gasteiger partial charge is 0.330 e. The summed E-state index contributed by atoms with van der Waals surface area (Å²) in [7, 11) is 0. The Morgan fingerprint density at radius 2 is 1.81 bits per heavy atom. The maximum atomic E-state index is 12.6. The Bertz CT molecular complexity index is 1380. The standard InChI is InChI=1S/C24H26N6O6/c1-2-29(20-21(25)30(24(34)28-22(20)32)13-15-6-4-3-5-7-15)14-19(31)27-23(33)26-16-8-9-17-18(12-16)36-11-10-35-17/h3-9,12H,2,10-11,13-14,25H2,1H3,(H,28,32,34)(H2,26,27,31,33). The molecule has 5 N–H and O–H groups in total. The van der Waals surface area contributed by atoms with Crippen molar-refractivity contribution in [3.8, 4) is 11.5 Å². The number of aromatic amines is 1. The van der Waals surface area contributed by atoms with E-state index in [2.05, 4.69) is 15.6 Å². The van der Waals surface area contributed by atoms with Gasteiger partial charge in [-0.15, -0.1) is 0 Å². The molecule has 1 aliphatic heterocycles. The van der Waals surface area contributed by atoms with Gasteiger partial charge in [0.1, 0.15) is 24.7 Å². The first-order chi connectivity index (χ1) is 17.4. The van der Waals surface area contributed by atoms with Gasteiger partial charge in [0.2, 0.25) is 5.91 Å². The zero-order chi connectivity index (χ0) is 25.7. The number of benzene rings is 2. The minimum absolute atomic E-state index is 0.0320. The summed E-state index contributed by atoms with van der Waals surface area (Å²) in [5.41, 5.74) is 6.01. The van der Waals surface area contributed by atoms with Gasteiger partial charge in [0.05, 0.1) is 13.1 Å². The molecule has 0 saturated heterocycles. The summed E-state index contributed by atoms with van der Waals surface area (Å²) in [6.45, 7) is 2.57. The third-order valence-electron chi connectivity index (χ3n) is 5.48. The number of hydrogen-bond donors (Lipinski definition) is 4. The van der Waals surface area contributed by atoms with Gasteiger partial charge in [-0.3, -0.25) is 24.5 Å². The van der Waals surface area contributed by atoms with Crippen LogP contribution in [0.4, 0.5) is 22.0 Å². The van der Waals surface area contributed by atoms with E-state index in [-0.39, 0.29) is 31.1 Å². The molecule has 2 aromatic carbocycles. The maximum absolute atomic E-state index is 12.6. The largest absolute Gasteiger partial charge is 0.486 e. The van der Waals surface area contributed by atoms with Gasteiger partial charge >= 0.3 is 11.7 Å². The van der Waals surface area contributed by atoms with E-state index in [1.54, 1.807) is 25.1 Å². The van der Waals surface area contributed by atoms with E-state index in [0.29, 0.717) is 30.4 Å². The minimum atomic E-state index is -0.761. The number of carbonyl (C=O) groups is 2. The highest BCUT2D eigenvalue weighted by Gasteiger charge is 2.21.